The molecule has 4 rings (SSSR count). The predicted octanol–water partition coefficient (Wildman–Crippen LogP) is 2.88. The minimum atomic E-state index is -0.0714. The van der Waals surface area contributed by atoms with Gasteiger partial charge in [-0.25, -0.2) is 9.67 Å². The van der Waals surface area contributed by atoms with Crippen LogP contribution in [0.5, 0.6) is 0 Å². The fourth-order valence-corrected chi connectivity index (χ4v) is 3.81. The molecule has 0 radical (unpaired) electrons. The van der Waals surface area contributed by atoms with E-state index >= 15 is 0 Å². The predicted molar refractivity (Wildman–Crippen MR) is 101 cm³/mol. The molecule has 26 heavy (non-hydrogen) atoms. The normalized spacial score (nSPS) is 11.3. The molecule has 3 heterocycles. The van der Waals surface area contributed by atoms with Gasteiger partial charge in [0, 0.05) is 17.5 Å². The molecule has 7 nitrogen and oxygen atoms in total. The molecule has 0 amide bonds. The van der Waals surface area contributed by atoms with Crippen molar-refractivity contribution in [1.82, 2.24) is 29.8 Å². The van der Waals surface area contributed by atoms with E-state index in [4.69, 9.17) is 0 Å². The van der Waals surface area contributed by atoms with Gasteiger partial charge in [-0.1, -0.05) is 36.8 Å². The van der Waals surface area contributed by atoms with Gasteiger partial charge in [-0.3, -0.25) is 9.36 Å². The van der Waals surface area contributed by atoms with Crippen LogP contribution in [0.3, 0.4) is 0 Å². The smallest absolute Gasteiger partial charge is 0.263 e. The number of aryl methyl sites for hydroxylation is 2. The molecule has 0 saturated carbocycles. The molecule has 3 aromatic heterocycles. The van der Waals surface area contributed by atoms with Crippen LogP contribution in [0.2, 0.25) is 0 Å². The lowest BCUT2D eigenvalue weighted by Gasteiger charge is -2.06. The van der Waals surface area contributed by atoms with Gasteiger partial charge in [-0.15, -0.1) is 16.4 Å². The highest BCUT2D eigenvalue weighted by atomic mass is 32.1. The van der Waals surface area contributed by atoms with Gasteiger partial charge in [0.25, 0.3) is 5.56 Å². The van der Waals surface area contributed by atoms with Gasteiger partial charge in [-0.05, 0) is 29.3 Å². The van der Waals surface area contributed by atoms with Crippen molar-refractivity contribution in [3.05, 3.63) is 57.7 Å². The number of rotatable bonds is 5. The Morgan fingerprint density at radius 2 is 2.00 bits per heavy atom. The van der Waals surface area contributed by atoms with Gasteiger partial charge in [0.2, 0.25) is 0 Å². The second-order valence-corrected chi connectivity index (χ2v) is 7.05. The van der Waals surface area contributed by atoms with E-state index in [0.717, 1.165) is 28.9 Å². The van der Waals surface area contributed by atoms with E-state index in [9.17, 15) is 4.79 Å². The van der Waals surface area contributed by atoms with Crippen LogP contribution in [-0.4, -0.2) is 29.8 Å². The van der Waals surface area contributed by atoms with Crippen molar-refractivity contribution in [1.29, 1.82) is 0 Å². The molecule has 0 unspecified atom stereocenters. The lowest BCUT2D eigenvalue weighted by atomic mass is 10.1. The summed E-state index contributed by atoms with van der Waals surface area (Å²) in [6, 6.07) is 8.17. The van der Waals surface area contributed by atoms with Gasteiger partial charge in [-0.2, -0.15) is 0 Å². The van der Waals surface area contributed by atoms with Crippen molar-refractivity contribution in [3.63, 3.8) is 0 Å². The summed E-state index contributed by atoms with van der Waals surface area (Å²) in [4.78, 5) is 18.3. The molecule has 1 aromatic carbocycles. The molecule has 0 aliphatic heterocycles. The summed E-state index contributed by atoms with van der Waals surface area (Å²) in [6.45, 7) is 5.13. The Labute approximate surface area is 153 Å². The molecule has 4 aromatic rings. The van der Waals surface area contributed by atoms with E-state index in [1.54, 1.807) is 15.6 Å². The van der Waals surface area contributed by atoms with Crippen LogP contribution in [0.1, 0.15) is 24.7 Å². The summed E-state index contributed by atoms with van der Waals surface area (Å²) in [5, 5.41) is 14.4. The highest BCUT2D eigenvalue weighted by Crippen LogP contribution is 2.30. The number of hydrogen-bond acceptors (Lipinski definition) is 6. The quantitative estimate of drug-likeness (QED) is 0.543. The second kappa shape index (κ2) is 6.80. The zero-order valence-corrected chi connectivity index (χ0v) is 15.4. The third kappa shape index (κ3) is 2.92. The van der Waals surface area contributed by atoms with Crippen molar-refractivity contribution >= 4 is 21.6 Å². The Bertz CT molecular complexity index is 1110. The molecule has 0 bridgehead atoms. The van der Waals surface area contributed by atoms with Gasteiger partial charge in [0.15, 0.2) is 5.82 Å². The molecule has 0 saturated heterocycles. The first-order chi connectivity index (χ1) is 12.7. The average molecular weight is 366 g/mol. The number of benzene rings is 1. The lowest BCUT2D eigenvalue weighted by Crippen LogP contribution is -2.23. The summed E-state index contributed by atoms with van der Waals surface area (Å²) < 4.78 is 3.30. The minimum absolute atomic E-state index is 0.0714. The summed E-state index contributed by atoms with van der Waals surface area (Å²) in [5.41, 5.74) is 3.06. The molecular formula is C18H18N6OS. The SMILES string of the molecule is CCCn1nnnc1Cn1cnc2scc(-c3ccc(C)cc3)c2c1=O. The first kappa shape index (κ1) is 16.6. The Kier molecular flexibility index (Phi) is 4.34. The van der Waals surface area contributed by atoms with Gasteiger partial charge in [0.05, 0.1) is 18.3 Å². The molecular weight excluding hydrogens is 348 g/mol. The maximum absolute atomic E-state index is 13.1. The van der Waals surface area contributed by atoms with E-state index in [1.165, 1.54) is 16.9 Å². The van der Waals surface area contributed by atoms with Crippen LogP contribution in [-0.2, 0) is 13.1 Å². The van der Waals surface area contributed by atoms with Crippen molar-refractivity contribution < 1.29 is 0 Å². The van der Waals surface area contributed by atoms with E-state index in [1.807, 2.05) is 36.6 Å². The van der Waals surface area contributed by atoms with Crippen LogP contribution in [0.25, 0.3) is 21.3 Å². The van der Waals surface area contributed by atoms with Crippen LogP contribution in [0.4, 0.5) is 0 Å². The minimum Gasteiger partial charge on any atom is -0.291 e. The number of hydrogen-bond donors (Lipinski definition) is 0. The molecule has 0 aliphatic carbocycles. The van der Waals surface area contributed by atoms with E-state index < -0.39 is 0 Å². The van der Waals surface area contributed by atoms with Crippen molar-refractivity contribution in [2.45, 2.75) is 33.4 Å². The van der Waals surface area contributed by atoms with Crippen LogP contribution >= 0.6 is 11.3 Å². The largest absolute Gasteiger partial charge is 0.291 e. The van der Waals surface area contributed by atoms with Gasteiger partial charge in [0.1, 0.15) is 4.83 Å². The van der Waals surface area contributed by atoms with Crippen molar-refractivity contribution in [3.8, 4) is 11.1 Å². The standard InChI is InChI=1S/C18H18N6OS/c1-3-8-24-15(20-21-22-24)9-23-11-19-17-16(18(23)25)14(10-26-17)13-6-4-12(2)5-7-13/h4-7,10-11H,3,8-9H2,1-2H3. The molecule has 0 atom stereocenters. The number of aromatic nitrogens is 6. The average Bonchev–Trinajstić information content (AvgIpc) is 3.26. The number of fused-ring (bicyclic) bond motifs is 1. The number of thiophene rings is 1. The third-order valence-electron chi connectivity index (χ3n) is 4.28. The molecule has 0 spiro atoms. The van der Waals surface area contributed by atoms with E-state index in [2.05, 4.69) is 27.4 Å². The fourth-order valence-electron chi connectivity index (χ4n) is 2.90. The number of nitrogens with zero attached hydrogens (tertiary/aromatic N) is 6. The first-order valence-corrected chi connectivity index (χ1v) is 9.34. The Balaban J connectivity index is 1.79. The maximum atomic E-state index is 13.1. The first-order valence-electron chi connectivity index (χ1n) is 8.46. The van der Waals surface area contributed by atoms with Crippen LogP contribution < -0.4 is 5.56 Å². The fraction of sp³-hybridized carbons (Fsp3) is 0.278. The zero-order chi connectivity index (χ0) is 18.1. The van der Waals surface area contributed by atoms with Crippen LogP contribution in [0.15, 0.2) is 40.8 Å². The third-order valence-corrected chi connectivity index (χ3v) is 5.16. The Morgan fingerprint density at radius 1 is 1.19 bits per heavy atom. The van der Waals surface area contributed by atoms with E-state index in [-0.39, 0.29) is 5.56 Å². The van der Waals surface area contributed by atoms with Crippen molar-refractivity contribution in [2.24, 2.45) is 0 Å². The van der Waals surface area contributed by atoms with Gasteiger partial charge >= 0.3 is 0 Å². The Hall–Kier alpha value is -2.87. The molecule has 132 valence electrons. The summed E-state index contributed by atoms with van der Waals surface area (Å²) in [7, 11) is 0. The summed E-state index contributed by atoms with van der Waals surface area (Å²) in [6.07, 6.45) is 2.50. The topological polar surface area (TPSA) is 78.5 Å². The Morgan fingerprint density at radius 3 is 2.77 bits per heavy atom. The summed E-state index contributed by atoms with van der Waals surface area (Å²) >= 11 is 1.49. The molecule has 0 aliphatic rings. The number of tetrazole rings is 1. The monoisotopic (exact) mass is 366 g/mol. The maximum Gasteiger partial charge on any atom is 0.263 e. The highest BCUT2D eigenvalue weighted by molar-refractivity contribution is 7.17. The van der Waals surface area contributed by atoms with Crippen molar-refractivity contribution in [2.75, 3.05) is 0 Å². The highest BCUT2D eigenvalue weighted by Gasteiger charge is 2.15. The lowest BCUT2D eigenvalue weighted by molar-refractivity contribution is 0.540. The van der Waals surface area contributed by atoms with E-state index in [0.29, 0.717) is 17.8 Å². The zero-order valence-electron chi connectivity index (χ0n) is 14.6. The summed E-state index contributed by atoms with van der Waals surface area (Å²) in [5.74, 6) is 0.655. The molecule has 0 fully saturated rings. The molecule has 8 heteroatoms. The van der Waals surface area contributed by atoms with Crippen LogP contribution in [0, 0.1) is 6.92 Å². The van der Waals surface area contributed by atoms with Gasteiger partial charge < -0.3 is 0 Å². The second-order valence-electron chi connectivity index (χ2n) is 6.19. The molecule has 0 N–H and O–H groups in total.